The van der Waals surface area contributed by atoms with Crippen LogP contribution in [-0.2, 0) is 12.1 Å². The summed E-state index contributed by atoms with van der Waals surface area (Å²) in [4.78, 5) is 7.97. The van der Waals surface area contributed by atoms with Crippen molar-refractivity contribution in [3.05, 3.63) is 34.5 Å². The normalized spacial score (nSPS) is 21.0. The largest absolute Gasteiger partial charge is 0.388 e. The molecule has 0 unspecified atom stereocenters. The van der Waals surface area contributed by atoms with Crippen molar-refractivity contribution >= 4 is 11.3 Å². The monoisotopic (exact) mass is 334 g/mol. The molecule has 1 aliphatic rings. The van der Waals surface area contributed by atoms with Gasteiger partial charge >= 0.3 is 0 Å². The third-order valence-electron chi connectivity index (χ3n) is 4.46. The second-order valence-electron chi connectivity index (χ2n) is 7.29. The molecule has 1 aliphatic heterocycles. The van der Waals surface area contributed by atoms with Crippen LogP contribution in [0.25, 0.3) is 0 Å². The van der Waals surface area contributed by atoms with E-state index in [1.807, 2.05) is 22.2 Å². The fraction of sp³-hybridized carbons (Fsp3) is 0.647. The summed E-state index contributed by atoms with van der Waals surface area (Å²) < 4.78 is 2.01. The highest BCUT2D eigenvalue weighted by atomic mass is 32.1. The molecule has 2 aromatic rings. The van der Waals surface area contributed by atoms with E-state index >= 15 is 0 Å². The number of hydrogen-bond acceptors (Lipinski definition) is 5. The van der Waals surface area contributed by atoms with Crippen molar-refractivity contribution < 1.29 is 5.11 Å². The molecular weight excluding hydrogens is 308 g/mol. The van der Waals surface area contributed by atoms with Crippen LogP contribution in [0.4, 0.5) is 0 Å². The van der Waals surface area contributed by atoms with Gasteiger partial charge in [-0.2, -0.15) is 5.10 Å². The lowest BCUT2D eigenvalue weighted by Gasteiger charge is -2.28. The second kappa shape index (κ2) is 6.71. The maximum atomic E-state index is 10.4. The molecule has 0 aliphatic carbocycles. The molecule has 0 aromatic carbocycles. The van der Waals surface area contributed by atoms with Gasteiger partial charge in [0.15, 0.2) is 0 Å². The standard InChI is InChI=1S/C17H26N4OS/c1-17(2,3)21-16(18-12-19-21)11-20-8-4-6-13(20)10-14(22)15-7-5-9-23-15/h5,7,9,12-14,22H,4,6,8,10-11H2,1-3H3/t13-,14+/m0/s1. The summed E-state index contributed by atoms with van der Waals surface area (Å²) in [5.41, 5.74) is -0.0580. The Morgan fingerprint density at radius 2 is 2.26 bits per heavy atom. The first-order valence-corrected chi connectivity index (χ1v) is 9.18. The molecule has 5 nitrogen and oxygen atoms in total. The fourth-order valence-corrected chi connectivity index (χ4v) is 4.06. The maximum Gasteiger partial charge on any atom is 0.141 e. The predicted octanol–water partition coefficient (Wildman–Crippen LogP) is 3.18. The maximum absolute atomic E-state index is 10.4. The molecule has 0 spiro atoms. The zero-order valence-corrected chi connectivity index (χ0v) is 15.0. The van der Waals surface area contributed by atoms with Crippen LogP contribution in [0, 0.1) is 0 Å². The molecule has 2 aromatic heterocycles. The molecule has 0 amide bonds. The van der Waals surface area contributed by atoms with Gasteiger partial charge in [-0.15, -0.1) is 11.3 Å². The number of likely N-dealkylation sites (tertiary alicyclic amines) is 1. The van der Waals surface area contributed by atoms with Gasteiger partial charge in [0.05, 0.1) is 18.2 Å². The van der Waals surface area contributed by atoms with Crippen molar-refractivity contribution in [1.29, 1.82) is 0 Å². The zero-order chi connectivity index (χ0) is 16.4. The molecule has 2 atom stereocenters. The SMILES string of the molecule is CC(C)(C)n1ncnc1CN1CCC[C@H]1C[C@@H](O)c1cccs1. The van der Waals surface area contributed by atoms with Crippen LogP contribution in [-0.4, -0.2) is 37.4 Å². The Morgan fingerprint density at radius 3 is 2.96 bits per heavy atom. The molecule has 23 heavy (non-hydrogen) atoms. The Labute approximate surface area is 142 Å². The Kier molecular flexibility index (Phi) is 4.85. The lowest BCUT2D eigenvalue weighted by molar-refractivity contribution is 0.117. The van der Waals surface area contributed by atoms with Crippen LogP contribution >= 0.6 is 11.3 Å². The minimum atomic E-state index is -0.360. The van der Waals surface area contributed by atoms with Crippen molar-refractivity contribution in [2.45, 2.75) is 64.3 Å². The summed E-state index contributed by atoms with van der Waals surface area (Å²) in [7, 11) is 0. The summed E-state index contributed by atoms with van der Waals surface area (Å²) in [6.07, 6.45) is 4.41. The number of nitrogens with zero attached hydrogens (tertiary/aromatic N) is 4. The first-order chi connectivity index (χ1) is 10.9. The molecule has 3 heterocycles. The van der Waals surface area contributed by atoms with Crippen molar-refractivity contribution in [2.24, 2.45) is 0 Å². The second-order valence-corrected chi connectivity index (χ2v) is 8.27. The van der Waals surface area contributed by atoms with Gasteiger partial charge in [0.25, 0.3) is 0 Å². The Hall–Kier alpha value is -1.24. The molecule has 126 valence electrons. The van der Waals surface area contributed by atoms with Crippen LogP contribution in [0.15, 0.2) is 23.8 Å². The molecular formula is C17H26N4OS. The Morgan fingerprint density at radius 1 is 1.43 bits per heavy atom. The third kappa shape index (κ3) is 3.82. The van der Waals surface area contributed by atoms with Crippen LogP contribution in [0.2, 0.25) is 0 Å². The van der Waals surface area contributed by atoms with Gasteiger partial charge in [-0.3, -0.25) is 4.90 Å². The number of hydrogen-bond donors (Lipinski definition) is 1. The molecule has 1 fully saturated rings. The van der Waals surface area contributed by atoms with E-state index in [1.54, 1.807) is 17.7 Å². The van der Waals surface area contributed by atoms with E-state index in [1.165, 1.54) is 6.42 Å². The van der Waals surface area contributed by atoms with E-state index in [9.17, 15) is 5.11 Å². The van der Waals surface area contributed by atoms with Crippen molar-refractivity contribution in [2.75, 3.05) is 6.54 Å². The third-order valence-corrected chi connectivity index (χ3v) is 5.44. The molecule has 0 radical (unpaired) electrons. The molecule has 1 saturated heterocycles. The highest BCUT2D eigenvalue weighted by Gasteiger charge is 2.29. The van der Waals surface area contributed by atoms with E-state index in [4.69, 9.17) is 0 Å². The summed E-state index contributed by atoms with van der Waals surface area (Å²) >= 11 is 1.63. The van der Waals surface area contributed by atoms with Crippen molar-refractivity contribution in [3.8, 4) is 0 Å². The number of aliphatic hydroxyl groups excluding tert-OH is 1. The Balaban J connectivity index is 1.67. The van der Waals surface area contributed by atoms with Gasteiger partial charge in [-0.1, -0.05) is 6.07 Å². The van der Waals surface area contributed by atoms with Crippen molar-refractivity contribution in [1.82, 2.24) is 19.7 Å². The highest BCUT2D eigenvalue weighted by Crippen LogP contribution is 2.30. The van der Waals surface area contributed by atoms with Crippen molar-refractivity contribution in [3.63, 3.8) is 0 Å². The molecule has 1 N–H and O–H groups in total. The van der Waals surface area contributed by atoms with Gasteiger partial charge in [0, 0.05) is 10.9 Å². The summed E-state index contributed by atoms with van der Waals surface area (Å²) in [6, 6.07) is 4.43. The smallest absolute Gasteiger partial charge is 0.141 e. The first kappa shape index (κ1) is 16.6. The molecule has 3 rings (SSSR count). The van der Waals surface area contributed by atoms with Gasteiger partial charge in [0.2, 0.25) is 0 Å². The van der Waals surface area contributed by atoms with E-state index < -0.39 is 0 Å². The van der Waals surface area contributed by atoms with Gasteiger partial charge in [-0.05, 0) is 58.0 Å². The topological polar surface area (TPSA) is 54.2 Å². The highest BCUT2D eigenvalue weighted by molar-refractivity contribution is 7.10. The quantitative estimate of drug-likeness (QED) is 0.912. The first-order valence-electron chi connectivity index (χ1n) is 8.30. The van der Waals surface area contributed by atoms with Crippen LogP contribution in [0.1, 0.15) is 56.8 Å². The fourth-order valence-electron chi connectivity index (χ4n) is 3.34. The van der Waals surface area contributed by atoms with Crippen LogP contribution in [0.5, 0.6) is 0 Å². The average Bonchev–Trinajstić information content (AvgIpc) is 3.19. The zero-order valence-electron chi connectivity index (χ0n) is 14.1. The van der Waals surface area contributed by atoms with E-state index in [0.29, 0.717) is 6.04 Å². The van der Waals surface area contributed by atoms with Crippen LogP contribution < -0.4 is 0 Å². The van der Waals surface area contributed by atoms with Gasteiger partial charge < -0.3 is 5.11 Å². The van der Waals surface area contributed by atoms with Crippen LogP contribution in [0.3, 0.4) is 0 Å². The lowest BCUT2D eigenvalue weighted by atomic mass is 10.1. The number of thiophene rings is 1. The number of rotatable bonds is 5. The average molecular weight is 334 g/mol. The summed E-state index contributed by atoms with van der Waals surface area (Å²) in [6.45, 7) is 8.31. The Bertz CT molecular complexity index is 617. The molecule has 6 heteroatoms. The minimum Gasteiger partial charge on any atom is -0.388 e. The molecule has 0 bridgehead atoms. The molecule has 0 saturated carbocycles. The predicted molar refractivity (Wildman–Crippen MR) is 92.3 cm³/mol. The van der Waals surface area contributed by atoms with E-state index in [2.05, 4.69) is 35.8 Å². The van der Waals surface area contributed by atoms with E-state index in [-0.39, 0.29) is 11.6 Å². The minimum absolute atomic E-state index is 0.0580. The van der Waals surface area contributed by atoms with Gasteiger partial charge in [0.1, 0.15) is 12.2 Å². The summed E-state index contributed by atoms with van der Waals surface area (Å²) in [5, 5.41) is 16.9. The summed E-state index contributed by atoms with van der Waals surface area (Å²) in [5.74, 6) is 1.01. The van der Waals surface area contributed by atoms with E-state index in [0.717, 1.165) is 36.6 Å². The van der Waals surface area contributed by atoms with Gasteiger partial charge in [-0.25, -0.2) is 9.67 Å². The number of aliphatic hydroxyl groups is 1. The number of aromatic nitrogens is 3. The lowest BCUT2D eigenvalue weighted by Crippen LogP contribution is -2.34.